The van der Waals surface area contributed by atoms with Gasteiger partial charge in [-0.3, -0.25) is 0 Å². The molecule has 0 aliphatic rings. The predicted molar refractivity (Wildman–Crippen MR) is 79.6 cm³/mol. The Morgan fingerprint density at radius 3 is 2.75 bits per heavy atom. The van der Waals surface area contributed by atoms with E-state index < -0.39 is 0 Å². The molecule has 0 amide bonds. The largest absolute Gasteiger partial charge is 0.379 e. The molecule has 0 aliphatic heterocycles. The van der Waals surface area contributed by atoms with Gasteiger partial charge in [0.1, 0.15) is 11.6 Å². The Bertz CT molecular complexity index is 581. The minimum atomic E-state index is -0.268. The second-order valence-corrected chi connectivity index (χ2v) is 5.99. The molecule has 1 aromatic heterocycles. The molecule has 0 saturated heterocycles. The van der Waals surface area contributed by atoms with Gasteiger partial charge in [0, 0.05) is 13.2 Å². The third-order valence-electron chi connectivity index (χ3n) is 3.01. The zero-order chi connectivity index (χ0) is 14.7. The maximum Gasteiger partial charge on any atom is 0.127 e. The summed E-state index contributed by atoms with van der Waals surface area (Å²) in [6.07, 6.45) is 0. The number of halogens is 2. The van der Waals surface area contributed by atoms with Gasteiger partial charge in [0.05, 0.1) is 23.0 Å². The molecule has 20 heavy (non-hydrogen) atoms. The minimum absolute atomic E-state index is 0.226. The molecule has 5 heteroatoms. The van der Waals surface area contributed by atoms with Crippen LogP contribution >= 0.6 is 11.6 Å². The lowest BCUT2D eigenvalue weighted by atomic mass is 10.2. The first kappa shape index (κ1) is 15.3. The fourth-order valence-electron chi connectivity index (χ4n) is 2.13. The van der Waals surface area contributed by atoms with Crippen LogP contribution in [0.2, 0.25) is 0 Å². The lowest BCUT2D eigenvalue weighted by Crippen LogP contribution is -2.12. The van der Waals surface area contributed by atoms with Crippen molar-refractivity contribution in [1.29, 1.82) is 0 Å². The molecule has 1 heterocycles. The Morgan fingerprint density at radius 1 is 1.35 bits per heavy atom. The van der Waals surface area contributed by atoms with Crippen LogP contribution in [-0.2, 0) is 11.3 Å². The summed E-state index contributed by atoms with van der Waals surface area (Å²) in [6, 6.07) is 4.59. The van der Waals surface area contributed by atoms with Gasteiger partial charge in [0.25, 0.3) is 0 Å². The van der Waals surface area contributed by atoms with Gasteiger partial charge in [-0.1, -0.05) is 13.8 Å². The second-order valence-electron chi connectivity index (χ2n) is 5.34. The first-order chi connectivity index (χ1) is 9.49. The van der Waals surface area contributed by atoms with Crippen LogP contribution in [0.15, 0.2) is 18.2 Å². The van der Waals surface area contributed by atoms with Crippen LogP contribution in [0.25, 0.3) is 11.0 Å². The molecule has 2 aromatic rings. The van der Waals surface area contributed by atoms with Crippen molar-refractivity contribution in [2.45, 2.75) is 32.7 Å². The third-order valence-corrected chi connectivity index (χ3v) is 3.20. The summed E-state index contributed by atoms with van der Waals surface area (Å²) in [5, 5.41) is -0.226. The number of aromatic nitrogens is 2. The Kier molecular flexibility index (Phi) is 5.00. The fourth-order valence-corrected chi connectivity index (χ4v) is 2.29. The maximum absolute atomic E-state index is 13.4. The average molecular weight is 299 g/mol. The number of rotatable bonds is 6. The monoisotopic (exact) mass is 298 g/mol. The van der Waals surface area contributed by atoms with Crippen molar-refractivity contribution in [3.63, 3.8) is 0 Å². The highest BCUT2D eigenvalue weighted by atomic mass is 35.5. The molecular weight excluding hydrogens is 279 g/mol. The molecule has 0 spiro atoms. The number of imidazole rings is 1. The van der Waals surface area contributed by atoms with Crippen molar-refractivity contribution in [2.24, 2.45) is 5.92 Å². The quantitative estimate of drug-likeness (QED) is 0.592. The number of hydrogen-bond acceptors (Lipinski definition) is 2. The summed E-state index contributed by atoms with van der Waals surface area (Å²) in [6.45, 7) is 7.98. The third kappa shape index (κ3) is 3.49. The predicted octanol–water partition coefficient (Wildman–Crippen LogP) is 4.15. The first-order valence-corrected chi connectivity index (χ1v) is 7.30. The van der Waals surface area contributed by atoms with E-state index in [0.29, 0.717) is 25.7 Å². The molecule has 2 rings (SSSR count). The summed E-state index contributed by atoms with van der Waals surface area (Å²) < 4.78 is 21.0. The van der Waals surface area contributed by atoms with Crippen LogP contribution in [-0.4, -0.2) is 22.8 Å². The van der Waals surface area contributed by atoms with Gasteiger partial charge in [-0.25, -0.2) is 9.37 Å². The van der Waals surface area contributed by atoms with Crippen LogP contribution in [0.5, 0.6) is 0 Å². The van der Waals surface area contributed by atoms with Crippen LogP contribution in [0.4, 0.5) is 4.39 Å². The number of benzene rings is 1. The molecule has 0 fully saturated rings. The van der Waals surface area contributed by atoms with Crippen molar-refractivity contribution in [1.82, 2.24) is 9.55 Å². The molecule has 0 saturated carbocycles. The molecule has 3 nitrogen and oxygen atoms in total. The van der Waals surface area contributed by atoms with Crippen LogP contribution in [0.1, 0.15) is 32.0 Å². The Labute approximate surface area is 123 Å². The van der Waals surface area contributed by atoms with Gasteiger partial charge in [-0.15, -0.1) is 11.6 Å². The van der Waals surface area contributed by atoms with Crippen LogP contribution < -0.4 is 0 Å². The highest BCUT2D eigenvalue weighted by Crippen LogP contribution is 2.25. The lowest BCUT2D eigenvalue weighted by molar-refractivity contribution is 0.103. The lowest BCUT2D eigenvalue weighted by Gasteiger charge is -2.12. The number of hydrogen-bond donors (Lipinski definition) is 0. The van der Waals surface area contributed by atoms with E-state index in [1.54, 1.807) is 6.07 Å². The standard InChI is InChI=1S/C15H20ClFN2O/c1-10(2)9-20-7-6-19-14-8-12(17)4-5-13(14)18-15(19)11(3)16/h4-5,8,10-11H,6-7,9H2,1-3H3. The van der Waals surface area contributed by atoms with E-state index in [4.69, 9.17) is 16.3 Å². The summed E-state index contributed by atoms with van der Waals surface area (Å²) in [5.74, 6) is 0.981. The summed E-state index contributed by atoms with van der Waals surface area (Å²) in [5.41, 5.74) is 1.53. The zero-order valence-electron chi connectivity index (χ0n) is 12.1. The van der Waals surface area contributed by atoms with E-state index in [2.05, 4.69) is 18.8 Å². The first-order valence-electron chi connectivity index (χ1n) is 6.86. The van der Waals surface area contributed by atoms with E-state index in [1.807, 2.05) is 11.5 Å². The summed E-state index contributed by atoms with van der Waals surface area (Å²) in [7, 11) is 0. The normalized spacial score (nSPS) is 13.3. The van der Waals surface area contributed by atoms with E-state index >= 15 is 0 Å². The number of fused-ring (bicyclic) bond motifs is 1. The van der Waals surface area contributed by atoms with Gasteiger partial charge >= 0.3 is 0 Å². The van der Waals surface area contributed by atoms with Gasteiger partial charge in [-0.05, 0) is 31.0 Å². The molecule has 1 unspecified atom stereocenters. The molecule has 1 atom stereocenters. The molecule has 0 radical (unpaired) electrons. The van der Waals surface area contributed by atoms with E-state index in [-0.39, 0.29) is 11.2 Å². The van der Waals surface area contributed by atoms with Crippen molar-refractivity contribution in [3.8, 4) is 0 Å². The molecule has 0 aliphatic carbocycles. The van der Waals surface area contributed by atoms with Gasteiger partial charge in [0.2, 0.25) is 0 Å². The van der Waals surface area contributed by atoms with Crippen molar-refractivity contribution in [2.75, 3.05) is 13.2 Å². The minimum Gasteiger partial charge on any atom is -0.379 e. The highest BCUT2D eigenvalue weighted by Gasteiger charge is 2.15. The SMILES string of the molecule is CC(C)COCCn1c(C(C)Cl)nc2ccc(F)cc21. The van der Waals surface area contributed by atoms with E-state index in [0.717, 1.165) is 16.9 Å². The van der Waals surface area contributed by atoms with Crippen molar-refractivity contribution in [3.05, 3.63) is 29.8 Å². The van der Waals surface area contributed by atoms with Crippen LogP contribution in [0.3, 0.4) is 0 Å². The molecular formula is C15H20ClFN2O. The second kappa shape index (κ2) is 6.55. The van der Waals surface area contributed by atoms with Gasteiger partial charge in [0.15, 0.2) is 0 Å². The van der Waals surface area contributed by atoms with Gasteiger partial charge in [-0.2, -0.15) is 0 Å². The van der Waals surface area contributed by atoms with Gasteiger partial charge < -0.3 is 9.30 Å². The molecule has 0 N–H and O–H groups in total. The van der Waals surface area contributed by atoms with E-state index in [9.17, 15) is 4.39 Å². The average Bonchev–Trinajstić information content (AvgIpc) is 2.73. The molecule has 1 aromatic carbocycles. The summed E-state index contributed by atoms with van der Waals surface area (Å²) in [4.78, 5) is 4.48. The molecule has 0 bridgehead atoms. The smallest absolute Gasteiger partial charge is 0.127 e. The van der Waals surface area contributed by atoms with Crippen LogP contribution in [0, 0.1) is 11.7 Å². The zero-order valence-corrected chi connectivity index (χ0v) is 12.8. The van der Waals surface area contributed by atoms with Crippen molar-refractivity contribution >= 4 is 22.6 Å². The highest BCUT2D eigenvalue weighted by molar-refractivity contribution is 6.20. The number of alkyl halides is 1. The number of ether oxygens (including phenoxy) is 1. The Morgan fingerprint density at radius 2 is 2.10 bits per heavy atom. The maximum atomic E-state index is 13.4. The Hall–Kier alpha value is -1.13. The van der Waals surface area contributed by atoms with Crippen molar-refractivity contribution < 1.29 is 9.13 Å². The summed E-state index contributed by atoms with van der Waals surface area (Å²) >= 11 is 6.16. The fraction of sp³-hybridized carbons (Fsp3) is 0.533. The Balaban J connectivity index is 2.24. The topological polar surface area (TPSA) is 27.1 Å². The molecule has 110 valence electrons. The van der Waals surface area contributed by atoms with E-state index in [1.165, 1.54) is 12.1 Å². The number of nitrogens with zero attached hydrogens (tertiary/aromatic N) is 2.